The van der Waals surface area contributed by atoms with Crippen molar-refractivity contribution in [2.24, 2.45) is 0 Å². The molecule has 0 amide bonds. The Labute approximate surface area is 130 Å². The molecule has 1 heterocycles. The Morgan fingerprint density at radius 3 is 2.80 bits per heavy atom. The van der Waals surface area contributed by atoms with Gasteiger partial charge >= 0.3 is 5.97 Å². The lowest BCUT2D eigenvalue weighted by Gasteiger charge is -2.24. The fourth-order valence-corrected chi connectivity index (χ4v) is 2.50. The molecule has 7 heteroatoms. The van der Waals surface area contributed by atoms with Gasteiger partial charge in [-0.15, -0.1) is 5.10 Å². The zero-order valence-electron chi connectivity index (χ0n) is 11.5. The summed E-state index contributed by atoms with van der Waals surface area (Å²) >= 11 is 2.22. The summed E-state index contributed by atoms with van der Waals surface area (Å²) in [6, 6.07) is 5.81. The summed E-state index contributed by atoms with van der Waals surface area (Å²) < 4.78 is 2.41. The number of aryl methyl sites for hydroxylation is 1. The number of hydrogen-bond donors (Lipinski definition) is 1. The first-order valence-electron chi connectivity index (χ1n) is 6.19. The number of hydrogen-bond acceptors (Lipinski definition) is 4. The fourth-order valence-electron chi connectivity index (χ4n) is 1.90. The summed E-state index contributed by atoms with van der Waals surface area (Å²) in [5.41, 5.74) is 0.786. The molecule has 106 valence electrons. The first-order chi connectivity index (χ1) is 9.41. The van der Waals surface area contributed by atoms with Crippen LogP contribution in [0, 0.1) is 10.5 Å². The van der Waals surface area contributed by atoms with E-state index in [9.17, 15) is 9.90 Å². The zero-order valence-corrected chi connectivity index (χ0v) is 13.6. The van der Waals surface area contributed by atoms with Crippen LogP contribution in [0.25, 0.3) is 11.4 Å². The fraction of sp³-hybridized carbons (Fsp3) is 0.385. The van der Waals surface area contributed by atoms with E-state index in [1.807, 2.05) is 25.1 Å². The number of aliphatic carboxylic acids is 1. The van der Waals surface area contributed by atoms with Crippen LogP contribution in [-0.2, 0) is 10.3 Å². The molecule has 0 saturated carbocycles. The maximum atomic E-state index is 11.6. The molecule has 0 saturated heterocycles. The molecular weight excluding hydrogens is 371 g/mol. The van der Waals surface area contributed by atoms with Crippen molar-refractivity contribution in [3.8, 4) is 11.4 Å². The molecule has 0 fully saturated rings. The number of carbonyl (C=O) groups is 1. The standard InChI is InChI=1S/C13H15IN4O2/c1-4-13(3,12(19)20)18-11(15-16-17-18)9-7-5-6-8(2)10(9)14/h5-7H,4H2,1-3H3,(H,19,20). The van der Waals surface area contributed by atoms with E-state index in [2.05, 4.69) is 38.1 Å². The summed E-state index contributed by atoms with van der Waals surface area (Å²) in [5, 5.41) is 21.1. The molecule has 0 bridgehead atoms. The van der Waals surface area contributed by atoms with Gasteiger partial charge in [-0.1, -0.05) is 25.1 Å². The number of carboxylic acids is 1. The van der Waals surface area contributed by atoms with Gasteiger partial charge in [0.2, 0.25) is 0 Å². The number of aromatic nitrogens is 4. The van der Waals surface area contributed by atoms with E-state index in [1.54, 1.807) is 13.8 Å². The van der Waals surface area contributed by atoms with Crippen molar-refractivity contribution in [3.05, 3.63) is 27.3 Å². The molecule has 0 radical (unpaired) electrons. The van der Waals surface area contributed by atoms with Crippen LogP contribution in [0.15, 0.2) is 18.2 Å². The number of halogens is 1. The van der Waals surface area contributed by atoms with E-state index in [4.69, 9.17) is 0 Å². The second kappa shape index (κ2) is 5.47. The molecular formula is C13H15IN4O2. The highest BCUT2D eigenvalue weighted by Gasteiger charge is 2.37. The van der Waals surface area contributed by atoms with Gasteiger partial charge in [-0.2, -0.15) is 0 Å². The van der Waals surface area contributed by atoms with Crippen molar-refractivity contribution in [3.63, 3.8) is 0 Å². The molecule has 2 aromatic rings. The van der Waals surface area contributed by atoms with E-state index in [0.29, 0.717) is 12.2 Å². The van der Waals surface area contributed by atoms with Gasteiger partial charge in [0.25, 0.3) is 0 Å². The maximum absolute atomic E-state index is 11.6. The number of carboxylic acid groups (broad SMARTS) is 1. The predicted molar refractivity (Wildman–Crippen MR) is 82.3 cm³/mol. The van der Waals surface area contributed by atoms with Crippen molar-refractivity contribution in [2.75, 3.05) is 0 Å². The van der Waals surface area contributed by atoms with E-state index in [-0.39, 0.29) is 0 Å². The Hall–Kier alpha value is -1.51. The zero-order chi connectivity index (χ0) is 14.9. The van der Waals surface area contributed by atoms with Crippen molar-refractivity contribution in [1.29, 1.82) is 0 Å². The molecule has 0 aliphatic rings. The van der Waals surface area contributed by atoms with Crippen LogP contribution in [0.4, 0.5) is 0 Å². The van der Waals surface area contributed by atoms with Crippen molar-refractivity contribution in [1.82, 2.24) is 20.2 Å². The van der Waals surface area contributed by atoms with Gasteiger partial charge in [0.1, 0.15) is 0 Å². The minimum atomic E-state index is -1.16. The highest BCUT2D eigenvalue weighted by Crippen LogP contribution is 2.30. The summed E-state index contributed by atoms with van der Waals surface area (Å²) in [6.07, 6.45) is 0.392. The van der Waals surface area contributed by atoms with Gasteiger partial charge in [-0.25, -0.2) is 9.48 Å². The quantitative estimate of drug-likeness (QED) is 0.817. The molecule has 0 aliphatic heterocycles. The van der Waals surface area contributed by atoms with Gasteiger partial charge < -0.3 is 5.11 Å². The molecule has 20 heavy (non-hydrogen) atoms. The second-order valence-electron chi connectivity index (χ2n) is 4.78. The Kier molecular flexibility index (Phi) is 4.07. The average molecular weight is 386 g/mol. The summed E-state index contributed by atoms with van der Waals surface area (Å²) in [6.45, 7) is 5.42. The molecule has 0 aliphatic carbocycles. The van der Waals surface area contributed by atoms with E-state index in [1.165, 1.54) is 4.68 Å². The third kappa shape index (κ3) is 2.30. The number of benzene rings is 1. The number of nitrogens with zero attached hydrogens (tertiary/aromatic N) is 4. The molecule has 6 nitrogen and oxygen atoms in total. The van der Waals surface area contributed by atoms with Crippen molar-refractivity contribution in [2.45, 2.75) is 32.7 Å². The molecule has 1 atom stereocenters. The smallest absolute Gasteiger partial charge is 0.331 e. The Morgan fingerprint density at radius 1 is 1.50 bits per heavy atom. The lowest BCUT2D eigenvalue weighted by Crippen LogP contribution is -2.39. The first-order valence-corrected chi connectivity index (χ1v) is 7.27. The molecule has 0 spiro atoms. The van der Waals surface area contributed by atoms with Crippen molar-refractivity contribution < 1.29 is 9.90 Å². The van der Waals surface area contributed by atoms with Crippen LogP contribution in [-0.4, -0.2) is 31.3 Å². The monoisotopic (exact) mass is 386 g/mol. The third-order valence-electron chi connectivity index (χ3n) is 3.52. The third-order valence-corrected chi connectivity index (χ3v) is 4.95. The van der Waals surface area contributed by atoms with Crippen LogP contribution >= 0.6 is 22.6 Å². The molecule has 1 unspecified atom stereocenters. The predicted octanol–water partition coefficient (Wildman–Crippen LogP) is 2.46. The average Bonchev–Trinajstić information content (AvgIpc) is 2.90. The van der Waals surface area contributed by atoms with Crippen LogP contribution in [0.3, 0.4) is 0 Å². The molecule has 2 rings (SSSR count). The van der Waals surface area contributed by atoms with Crippen LogP contribution in [0.1, 0.15) is 25.8 Å². The summed E-state index contributed by atoms with van der Waals surface area (Å²) in [4.78, 5) is 11.6. The lowest BCUT2D eigenvalue weighted by molar-refractivity contribution is -0.147. The van der Waals surface area contributed by atoms with E-state index < -0.39 is 11.5 Å². The minimum Gasteiger partial charge on any atom is -0.479 e. The maximum Gasteiger partial charge on any atom is 0.331 e. The molecule has 1 N–H and O–H groups in total. The van der Waals surface area contributed by atoms with Crippen molar-refractivity contribution >= 4 is 28.6 Å². The Bertz CT molecular complexity index is 656. The largest absolute Gasteiger partial charge is 0.479 e. The minimum absolute atomic E-state index is 0.392. The van der Waals surface area contributed by atoms with Gasteiger partial charge in [0.05, 0.1) is 0 Å². The highest BCUT2D eigenvalue weighted by molar-refractivity contribution is 14.1. The second-order valence-corrected chi connectivity index (χ2v) is 5.86. The molecule has 1 aromatic heterocycles. The highest BCUT2D eigenvalue weighted by atomic mass is 127. The SMILES string of the molecule is CCC(C)(C(=O)O)n1nnnc1-c1cccc(C)c1I. The Morgan fingerprint density at radius 2 is 2.20 bits per heavy atom. The normalized spacial score (nSPS) is 14.0. The van der Waals surface area contributed by atoms with E-state index in [0.717, 1.165) is 14.7 Å². The lowest BCUT2D eigenvalue weighted by atomic mass is 9.99. The van der Waals surface area contributed by atoms with Crippen LogP contribution < -0.4 is 0 Å². The number of tetrazole rings is 1. The summed E-state index contributed by atoms with van der Waals surface area (Å²) in [7, 11) is 0. The van der Waals surface area contributed by atoms with Gasteiger partial charge in [-0.05, 0) is 58.8 Å². The van der Waals surface area contributed by atoms with Crippen LogP contribution in [0.2, 0.25) is 0 Å². The Balaban J connectivity index is 2.65. The molecule has 1 aromatic carbocycles. The summed E-state index contributed by atoms with van der Waals surface area (Å²) in [5.74, 6) is -0.471. The topological polar surface area (TPSA) is 80.9 Å². The van der Waals surface area contributed by atoms with Gasteiger partial charge in [0.15, 0.2) is 11.4 Å². The number of rotatable bonds is 4. The van der Waals surface area contributed by atoms with Crippen LogP contribution in [0.5, 0.6) is 0 Å². The van der Waals surface area contributed by atoms with Gasteiger partial charge in [-0.3, -0.25) is 0 Å². The van der Waals surface area contributed by atoms with E-state index >= 15 is 0 Å². The van der Waals surface area contributed by atoms with Gasteiger partial charge in [0, 0.05) is 9.13 Å². The first kappa shape index (κ1) is 14.9.